The zero-order chi connectivity index (χ0) is 19.3. The summed E-state index contributed by atoms with van der Waals surface area (Å²) in [7, 11) is 0. The van der Waals surface area contributed by atoms with Gasteiger partial charge >= 0.3 is 0 Å². The molecule has 0 radical (unpaired) electrons. The zero-order valence-electron chi connectivity index (χ0n) is 17.9. The lowest BCUT2D eigenvalue weighted by molar-refractivity contribution is -0.139. The van der Waals surface area contributed by atoms with Crippen molar-refractivity contribution in [3.8, 4) is 0 Å². The Morgan fingerprint density at radius 3 is 1.41 bits per heavy atom. The van der Waals surface area contributed by atoms with Gasteiger partial charge in [-0.25, -0.2) is 0 Å². The number of amides is 2. The fourth-order valence-electron chi connectivity index (χ4n) is 4.92. The van der Waals surface area contributed by atoms with Gasteiger partial charge in [-0.2, -0.15) is 0 Å². The van der Waals surface area contributed by atoms with E-state index in [1.54, 1.807) is 4.90 Å². The molecule has 0 aromatic carbocycles. The van der Waals surface area contributed by atoms with Crippen LogP contribution in [0, 0.1) is 11.8 Å². The van der Waals surface area contributed by atoms with E-state index >= 15 is 0 Å². The van der Waals surface area contributed by atoms with Crippen molar-refractivity contribution in [2.24, 2.45) is 11.8 Å². The van der Waals surface area contributed by atoms with Crippen LogP contribution in [0.3, 0.4) is 0 Å². The van der Waals surface area contributed by atoms with E-state index in [4.69, 9.17) is 0 Å². The van der Waals surface area contributed by atoms with Gasteiger partial charge in [-0.1, -0.05) is 103 Å². The topological polar surface area (TPSA) is 37.4 Å². The molecule has 2 fully saturated rings. The number of hydrogen-bond acceptors (Lipinski definition) is 2. The zero-order valence-corrected chi connectivity index (χ0v) is 17.9. The molecule has 2 unspecified atom stereocenters. The number of fused-ring (bicyclic) bond motifs is 1. The maximum absolute atomic E-state index is 12.4. The van der Waals surface area contributed by atoms with E-state index in [1.165, 1.54) is 77.0 Å². The molecule has 3 heteroatoms. The predicted molar refractivity (Wildman–Crippen MR) is 112 cm³/mol. The Hall–Kier alpha value is -0.860. The van der Waals surface area contributed by atoms with E-state index in [9.17, 15) is 9.59 Å². The first kappa shape index (κ1) is 22.4. The van der Waals surface area contributed by atoms with E-state index < -0.39 is 0 Å². The summed E-state index contributed by atoms with van der Waals surface area (Å²) in [6, 6.07) is 0. The molecular weight excluding hydrogens is 334 g/mol. The van der Waals surface area contributed by atoms with Crippen LogP contribution in [0.2, 0.25) is 0 Å². The number of imide groups is 1. The third kappa shape index (κ3) is 7.58. The average Bonchev–Trinajstić information content (AvgIpc) is 2.93. The smallest absolute Gasteiger partial charge is 0.233 e. The first-order valence-electron chi connectivity index (χ1n) is 12.1. The van der Waals surface area contributed by atoms with Crippen LogP contribution in [-0.4, -0.2) is 23.3 Å². The van der Waals surface area contributed by atoms with Gasteiger partial charge in [0.2, 0.25) is 11.8 Å². The standard InChI is InChI=1S/C24H43NO2/c1-2-3-4-5-6-7-8-9-10-11-12-13-14-17-20-25-23(26)21-18-15-16-19-22(21)24(25)27/h21-22H,2-20H2,1H3. The molecule has 2 amide bonds. The highest BCUT2D eigenvalue weighted by atomic mass is 16.2. The summed E-state index contributed by atoms with van der Waals surface area (Å²) in [5, 5.41) is 0. The number of rotatable bonds is 15. The van der Waals surface area contributed by atoms with Gasteiger partial charge < -0.3 is 0 Å². The van der Waals surface area contributed by atoms with Crippen molar-refractivity contribution in [1.82, 2.24) is 4.90 Å². The fraction of sp³-hybridized carbons (Fsp3) is 0.917. The summed E-state index contributed by atoms with van der Waals surface area (Å²) in [6.45, 7) is 2.94. The highest BCUT2D eigenvalue weighted by Gasteiger charge is 2.47. The summed E-state index contributed by atoms with van der Waals surface area (Å²) in [5.41, 5.74) is 0. The van der Waals surface area contributed by atoms with Crippen LogP contribution >= 0.6 is 0 Å². The first-order chi connectivity index (χ1) is 13.3. The molecule has 1 saturated heterocycles. The Kier molecular flexibility index (Phi) is 11.1. The number of carbonyl (C=O) groups excluding carboxylic acids is 2. The molecule has 1 heterocycles. The average molecular weight is 378 g/mol. The lowest BCUT2D eigenvalue weighted by Gasteiger charge is -2.19. The van der Waals surface area contributed by atoms with Gasteiger partial charge in [-0.05, 0) is 19.3 Å². The van der Waals surface area contributed by atoms with Crippen molar-refractivity contribution in [3.63, 3.8) is 0 Å². The van der Waals surface area contributed by atoms with E-state index in [0.29, 0.717) is 6.54 Å². The summed E-state index contributed by atoms with van der Waals surface area (Å²) in [5.74, 6) is 0.328. The van der Waals surface area contributed by atoms with Crippen molar-refractivity contribution >= 4 is 11.8 Å². The normalized spacial score (nSPS) is 22.5. The molecule has 1 aliphatic heterocycles. The monoisotopic (exact) mass is 377 g/mol. The lowest BCUT2D eigenvalue weighted by Crippen LogP contribution is -2.32. The van der Waals surface area contributed by atoms with Crippen molar-refractivity contribution < 1.29 is 9.59 Å². The number of unbranched alkanes of at least 4 members (excludes halogenated alkanes) is 13. The Bertz CT molecular complexity index is 410. The molecule has 2 atom stereocenters. The number of carbonyl (C=O) groups is 2. The summed E-state index contributed by atoms with van der Waals surface area (Å²) in [6.07, 6.45) is 22.8. The molecule has 0 spiro atoms. The molecule has 2 rings (SSSR count). The second-order valence-corrected chi connectivity index (χ2v) is 8.92. The number of likely N-dealkylation sites (tertiary alicyclic amines) is 1. The number of hydrogen-bond donors (Lipinski definition) is 0. The molecule has 2 aliphatic rings. The van der Waals surface area contributed by atoms with Crippen molar-refractivity contribution in [2.75, 3.05) is 6.54 Å². The SMILES string of the molecule is CCCCCCCCCCCCCCCCN1C(=O)C2CCCCC2C1=O. The summed E-state index contributed by atoms with van der Waals surface area (Å²) in [4.78, 5) is 26.4. The Labute approximate surface area is 167 Å². The quantitative estimate of drug-likeness (QED) is 0.237. The second kappa shape index (κ2) is 13.3. The van der Waals surface area contributed by atoms with E-state index in [-0.39, 0.29) is 23.7 Å². The second-order valence-electron chi connectivity index (χ2n) is 8.92. The maximum Gasteiger partial charge on any atom is 0.233 e. The van der Waals surface area contributed by atoms with E-state index in [2.05, 4.69) is 6.92 Å². The van der Waals surface area contributed by atoms with E-state index in [1.807, 2.05) is 0 Å². The molecule has 27 heavy (non-hydrogen) atoms. The van der Waals surface area contributed by atoms with Crippen LogP contribution in [0.4, 0.5) is 0 Å². The number of nitrogens with zero attached hydrogens (tertiary/aromatic N) is 1. The van der Waals surface area contributed by atoms with Crippen LogP contribution in [0.25, 0.3) is 0 Å². The lowest BCUT2D eigenvalue weighted by atomic mass is 9.81. The maximum atomic E-state index is 12.4. The highest BCUT2D eigenvalue weighted by molar-refractivity contribution is 6.05. The molecule has 0 aromatic heterocycles. The van der Waals surface area contributed by atoms with Crippen LogP contribution in [-0.2, 0) is 9.59 Å². The van der Waals surface area contributed by atoms with Gasteiger partial charge in [0.15, 0.2) is 0 Å². The minimum atomic E-state index is 0.0258. The van der Waals surface area contributed by atoms with Crippen LogP contribution < -0.4 is 0 Å². The molecule has 3 nitrogen and oxygen atoms in total. The van der Waals surface area contributed by atoms with Crippen molar-refractivity contribution in [2.45, 2.75) is 122 Å². The largest absolute Gasteiger partial charge is 0.282 e. The van der Waals surface area contributed by atoms with Crippen molar-refractivity contribution in [1.29, 1.82) is 0 Å². The minimum absolute atomic E-state index is 0.0258. The van der Waals surface area contributed by atoms with Gasteiger partial charge in [-0.15, -0.1) is 0 Å². The Balaban J connectivity index is 1.40. The molecule has 1 aliphatic carbocycles. The molecule has 0 bridgehead atoms. The molecule has 156 valence electrons. The van der Waals surface area contributed by atoms with Crippen LogP contribution in [0.15, 0.2) is 0 Å². The van der Waals surface area contributed by atoms with E-state index in [0.717, 1.165) is 38.5 Å². The van der Waals surface area contributed by atoms with Gasteiger partial charge in [0, 0.05) is 6.54 Å². The highest BCUT2D eigenvalue weighted by Crippen LogP contribution is 2.38. The first-order valence-corrected chi connectivity index (χ1v) is 12.1. The van der Waals surface area contributed by atoms with Gasteiger partial charge in [0.1, 0.15) is 0 Å². The summed E-state index contributed by atoms with van der Waals surface area (Å²) >= 11 is 0. The van der Waals surface area contributed by atoms with Crippen LogP contribution in [0.5, 0.6) is 0 Å². The molecular formula is C24H43NO2. The molecule has 0 aromatic rings. The minimum Gasteiger partial charge on any atom is -0.282 e. The van der Waals surface area contributed by atoms with Gasteiger partial charge in [0.05, 0.1) is 11.8 Å². The van der Waals surface area contributed by atoms with Gasteiger partial charge in [-0.3, -0.25) is 14.5 Å². The molecule has 1 saturated carbocycles. The fourth-order valence-corrected chi connectivity index (χ4v) is 4.92. The third-order valence-corrected chi connectivity index (χ3v) is 6.67. The Morgan fingerprint density at radius 2 is 1.00 bits per heavy atom. The van der Waals surface area contributed by atoms with Gasteiger partial charge in [0.25, 0.3) is 0 Å². The predicted octanol–water partition coefficient (Wildman–Crippen LogP) is 6.64. The molecule has 0 N–H and O–H groups in total. The summed E-state index contributed by atoms with van der Waals surface area (Å²) < 4.78 is 0. The van der Waals surface area contributed by atoms with Crippen LogP contribution in [0.1, 0.15) is 122 Å². The van der Waals surface area contributed by atoms with Crippen molar-refractivity contribution in [3.05, 3.63) is 0 Å². The Morgan fingerprint density at radius 1 is 0.630 bits per heavy atom. The third-order valence-electron chi connectivity index (χ3n) is 6.67.